The first-order valence-electron chi connectivity index (χ1n) is 10.7. The molecular formula is C25H33N3. The summed E-state index contributed by atoms with van der Waals surface area (Å²) >= 11 is 0. The molecule has 0 aliphatic carbocycles. The van der Waals surface area contributed by atoms with Crippen molar-refractivity contribution in [2.24, 2.45) is 10.8 Å². The number of rotatable bonds is 4. The van der Waals surface area contributed by atoms with Gasteiger partial charge in [0.1, 0.15) is 6.33 Å². The van der Waals surface area contributed by atoms with Gasteiger partial charge < -0.3 is 0 Å². The van der Waals surface area contributed by atoms with Gasteiger partial charge in [0.25, 0.3) is 0 Å². The summed E-state index contributed by atoms with van der Waals surface area (Å²) in [6.07, 6.45) is 5.83. The zero-order valence-electron chi connectivity index (χ0n) is 17.8. The maximum Gasteiger partial charge on any atom is 0.100 e. The van der Waals surface area contributed by atoms with E-state index in [4.69, 9.17) is 0 Å². The summed E-state index contributed by atoms with van der Waals surface area (Å²) in [5.74, 6) is 0. The number of imidazole rings is 1. The highest BCUT2D eigenvalue weighted by Gasteiger charge is 2.42. The molecule has 2 aromatic carbocycles. The fourth-order valence-electron chi connectivity index (χ4n) is 4.96. The Bertz CT molecular complexity index is 922. The Morgan fingerprint density at radius 1 is 0.964 bits per heavy atom. The Morgan fingerprint density at radius 2 is 1.64 bits per heavy atom. The Morgan fingerprint density at radius 3 is 2.29 bits per heavy atom. The van der Waals surface area contributed by atoms with E-state index in [2.05, 4.69) is 84.6 Å². The van der Waals surface area contributed by atoms with Crippen LogP contribution in [-0.4, -0.2) is 27.5 Å². The number of benzene rings is 2. The van der Waals surface area contributed by atoms with Crippen molar-refractivity contribution in [3.63, 3.8) is 0 Å². The number of aromatic nitrogens is 2. The van der Waals surface area contributed by atoms with Crippen LogP contribution in [0.3, 0.4) is 0 Å². The van der Waals surface area contributed by atoms with Crippen LogP contribution in [0.25, 0.3) is 16.7 Å². The fourth-order valence-corrected chi connectivity index (χ4v) is 4.96. The van der Waals surface area contributed by atoms with Gasteiger partial charge >= 0.3 is 0 Å². The second-order valence-electron chi connectivity index (χ2n) is 9.43. The van der Waals surface area contributed by atoms with Gasteiger partial charge in [0.05, 0.1) is 11.0 Å². The molecule has 4 rings (SSSR count). The molecular weight excluding hydrogens is 342 g/mol. The molecule has 0 bridgehead atoms. The number of fused-ring (bicyclic) bond motifs is 1. The summed E-state index contributed by atoms with van der Waals surface area (Å²) in [5.41, 5.74) is 5.66. The van der Waals surface area contributed by atoms with E-state index in [0.29, 0.717) is 10.8 Å². The molecule has 0 spiro atoms. The number of hydrogen-bond donors (Lipinski definition) is 0. The van der Waals surface area contributed by atoms with Crippen LogP contribution < -0.4 is 0 Å². The molecule has 0 saturated carbocycles. The molecule has 1 aliphatic rings. The number of likely N-dealkylation sites (tertiary alicyclic amines) is 1. The summed E-state index contributed by atoms with van der Waals surface area (Å²) < 4.78 is 2.17. The third-order valence-corrected chi connectivity index (χ3v) is 7.16. The molecule has 0 atom stereocenters. The smallest absolute Gasteiger partial charge is 0.100 e. The molecule has 0 radical (unpaired) electrons. The van der Waals surface area contributed by atoms with E-state index in [9.17, 15) is 0 Å². The van der Waals surface area contributed by atoms with Crippen LogP contribution >= 0.6 is 0 Å². The van der Waals surface area contributed by atoms with E-state index < -0.39 is 0 Å². The van der Waals surface area contributed by atoms with Gasteiger partial charge in [-0.2, -0.15) is 0 Å². The average molecular weight is 376 g/mol. The maximum atomic E-state index is 4.51. The summed E-state index contributed by atoms with van der Waals surface area (Å²) in [6.45, 7) is 13.1. The van der Waals surface area contributed by atoms with Crippen molar-refractivity contribution >= 4 is 11.0 Å². The normalized spacial score (nSPS) is 17.9. The van der Waals surface area contributed by atoms with E-state index >= 15 is 0 Å². The first-order chi connectivity index (χ1) is 13.4. The third-order valence-electron chi connectivity index (χ3n) is 7.16. The lowest BCUT2D eigenvalue weighted by Crippen LogP contribution is -2.46. The predicted molar refractivity (Wildman–Crippen MR) is 118 cm³/mol. The Kier molecular flexibility index (Phi) is 5.05. The lowest BCUT2D eigenvalue weighted by Gasteiger charge is -2.50. The number of para-hydroxylation sites is 2. The minimum absolute atomic E-state index is 0.392. The highest BCUT2D eigenvalue weighted by atomic mass is 15.1. The molecule has 2 heterocycles. The van der Waals surface area contributed by atoms with Crippen molar-refractivity contribution in [2.45, 2.75) is 53.5 Å². The Hall–Kier alpha value is -2.13. The highest BCUT2D eigenvalue weighted by Crippen LogP contribution is 2.49. The average Bonchev–Trinajstić information content (AvgIpc) is 3.13. The first kappa shape index (κ1) is 19.2. The fraction of sp³-hybridized carbons (Fsp3) is 0.480. The molecule has 3 nitrogen and oxygen atoms in total. The second kappa shape index (κ2) is 7.36. The number of nitrogens with zero attached hydrogens (tertiary/aromatic N) is 3. The molecule has 1 aliphatic heterocycles. The van der Waals surface area contributed by atoms with Gasteiger partial charge in [0.15, 0.2) is 0 Å². The Balaban J connectivity index is 1.43. The molecule has 1 aromatic heterocycles. The SMILES string of the molecule is CCC1(C(C)(C)C)CCN(Cc2ccc(-n3cnc4ccccc43)cc2)CC1. The minimum Gasteiger partial charge on any atom is -0.299 e. The van der Waals surface area contributed by atoms with Gasteiger partial charge in [-0.25, -0.2) is 4.98 Å². The molecule has 0 N–H and O–H groups in total. The summed E-state index contributed by atoms with van der Waals surface area (Å²) in [7, 11) is 0. The highest BCUT2D eigenvalue weighted by molar-refractivity contribution is 5.77. The molecule has 0 amide bonds. The summed E-state index contributed by atoms with van der Waals surface area (Å²) in [5, 5.41) is 0. The monoisotopic (exact) mass is 375 g/mol. The van der Waals surface area contributed by atoms with E-state index in [0.717, 1.165) is 17.6 Å². The molecule has 1 fully saturated rings. The van der Waals surface area contributed by atoms with Crippen LogP contribution in [0.5, 0.6) is 0 Å². The lowest BCUT2D eigenvalue weighted by atomic mass is 9.60. The molecule has 28 heavy (non-hydrogen) atoms. The van der Waals surface area contributed by atoms with Crippen molar-refractivity contribution in [3.05, 3.63) is 60.4 Å². The minimum atomic E-state index is 0.392. The lowest BCUT2D eigenvalue weighted by molar-refractivity contribution is -0.000113. The van der Waals surface area contributed by atoms with Crippen LogP contribution in [0, 0.1) is 10.8 Å². The number of hydrogen-bond acceptors (Lipinski definition) is 2. The van der Waals surface area contributed by atoms with Gasteiger partial charge in [-0.15, -0.1) is 0 Å². The van der Waals surface area contributed by atoms with E-state index in [1.165, 1.54) is 43.6 Å². The predicted octanol–water partition coefficient (Wildman–Crippen LogP) is 6.06. The van der Waals surface area contributed by atoms with Crippen LogP contribution in [0.4, 0.5) is 0 Å². The van der Waals surface area contributed by atoms with E-state index in [-0.39, 0.29) is 0 Å². The Labute approximate surface area is 169 Å². The van der Waals surface area contributed by atoms with Crippen LogP contribution in [0.2, 0.25) is 0 Å². The van der Waals surface area contributed by atoms with Crippen molar-refractivity contribution in [2.75, 3.05) is 13.1 Å². The van der Waals surface area contributed by atoms with Gasteiger partial charge in [-0.1, -0.05) is 52.0 Å². The molecule has 3 heteroatoms. The molecule has 1 saturated heterocycles. The van der Waals surface area contributed by atoms with E-state index in [1.54, 1.807) is 0 Å². The van der Waals surface area contributed by atoms with Gasteiger partial charge in [-0.05, 0) is 73.0 Å². The molecule has 3 aromatic rings. The number of piperidine rings is 1. The van der Waals surface area contributed by atoms with Crippen LogP contribution in [-0.2, 0) is 6.54 Å². The zero-order valence-corrected chi connectivity index (χ0v) is 17.8. The van der Waals surface area contributed by atoms with Crippen molar-refractivity contribution in [3.8, 4) is 5.69 Å². The standard InChI is InChI=1S/C25H33N3/c1-5-25(24(2,3)4)14-16-27(17-15-25)18-20-10-12-21(13-11-20)28-19-26-22-8-6-7-9-23(22)28/h6-13,19H,5,14-18H2,1-4H3. The third kappa shape index (κ3) is 3.48. The quantitative estimate of drug-likeness (QED) is 0.552. The topological polar surface area (TPSA) is 21.1 Å². The van der Waals surface area contributed by atoms with Crippen molar-refractivity contribution in [1.29, 1.82) is 0 Å². The van der Waals surface area contributed by atoms with Gasteiger partial charge in [0.2, 0.25) is 0 Å². The van der Waals surface area contributed by atoms with Crippen molar-refractivity contribution < 1.29 is 0 Å². The zero-order chi connectivity index (χ0) is 19.8. The van der Waals surface area contributed by atoms with Crippen molar-refractivity contribution in [1.82, 2.24) is 14.5 Å². The summed E-state index contributed by atoms with van der Waals surface area (Å²) in [4.78, 5) is 7.13. The molecule has 148 valence electrons. The van der Waals surface area contributed by atoms with E-state index in [1.807, 2.05) is 12.4 Å². The second-order valence-corrected chi connectivity index (χ2v) is 9.43. The van der Waals surface area contributed by atoms with Gasteiger partial charge in [0, 0.05) is 12.2 Å². The maximum absolute atomic E-state index is 4.51. The largest absolute Gasteiger partial charge is 0.299 e. The molecule has 0 unspecified atom stereocenters. The summed E-state index contributed by atoms with van der Waals surface area (Å²) in [6, 6.07) is 17.3. The van der Waals surface area contributed by atoms with Crippen LogP contribution in [0.15, 0.2) is 54.9 Å². The van der Waals surface area contributed by atoms with Crippen LogP contribution in [0.1, 0.15) is 52.5 Å². The van der Waals surface area contributed by atoms with Gasteiger partial charge in [-0.3, -0.25) is 9.47 Å². The first-order valence-corrected chi connectivity index (χ1v) is 10.7.